The van der Waals surface area contributed by atoms with E-state index in [4.69, 9.17) is 19.3 Å². The molecule has 0 atom stereocenters. The van der Waals surface area contributed by atoms with Gasteiger partial charge in [-0.2, -0.15) is 5.10 Å². The summed E-state index contributed by atoms with van der Waals surface area (Å²) in [7, 11) is 2.01. The number of hydrogen-bond acceptors (Lipinski definition) is 5. The van der Waals surface area contributed by atoms with Gasteiger partial charge in [-0.1, -0.05) is 37.3 Å². The Bertz CT molecular complexity index is 1580. The van der Waals surface area contributed by atoms with Crippen molar-refractivity contribution in [2.24, 2.45) is 7.05 Å². The summed E-state index contributed by atoms with van der Waals surface area (Å²) in [5.41, 5.74) is 10.0. The van der Waals surface area contributed by atoms with Crippen molar-refractivity contribution in [3.63, 3.8) is 0 Å². The highest BCUT2D eigenvalue weighted by Crippen LogP contribution is 2.39. The van der Waals surface area contributed by atoms with E-state index in [-0.39, 0.29) is 5.97 Å². The van der Waals surface area contributed by atoms with Crippen LogP contribution in [0.1, 0.15) is 84.5 Å². The van der Waals surface area contributed by atoms with Crippen molar-refractivity contribution in [1.29, 1.82) is 0 Å². The quantitative estimate of drug-likeness (QED) is 0.169. The lowest BCUT2D eigenvalue weighted by Gasteiger charge is -2.19. The molecule has 0 saturated carbocycles. The Balaban J connectivity index is 1.41. The zero-order valence-electron chi connectivity index (χ0n) is 25.3. The van der Waals surface area contributed by atoms with Gasteiger partial charge in [0.25, 0.3) is 0 Å². The summed E-state index contributed by atoms with van der Waals surface area (Å²) in [5, 5.41) is 5.99. The summed E-state index contributed by atoms with van der Waals surface area (Å²) in [5.74, 6) is 0.774. The van der Waals surface area contributed by atoms with E-state index >= 15 is 0 Å². The fourth-order valence-electron chi connectivity index (χ4n) is 6.98. The van der Waals surface area contributed by atoms with Crippen molar-refractivity contribution in [2.75, 3.05) is 19.8 Å². The number of para-hydroxylation sites is 1. The number of carbonyl (C=O) groups excluding carboxylic acids is 1. The number of aromatic nitrogens is 3. The van der Waals surface area contributed by atoms with Crippen LogP contribution in [0, 0.1) is 0 Å². The highest BCUT2D eigenvalue weighted by atomic mass is 16.5. The van der Waals surface area contributed by atoms with Gasteiger partial charge < -0.3 is 18.8 Å². The molecule has 7 heteroatoms. The maximum Gasteiger partial charge on any atom is 0.355 e. The molecule has 0 saturated heterocycles. The molecule has 0 amide bonds. The van der Waals surface area contributed by atoms with Crippen LogP contribution in [0.4, 0.5) is 0 Å². The number of benzene rings is 2. The van der Waals surface area contributed by atoms with Crippen molar-refractivity contribution in [3.8, 4) is 16.9 Å². The monoisotopic (exact) mass is 569 g/mol. The summed E-state index contributed by atoms with van der Waals surface area (Å²) < 4.78 is 22.3. The lowest BCUT2D eigenvalue weighted by atomic mass is 9.91. The van der Waals surface area contributed by atoms with Crippen LogP contribution in [0.5, 0.6) is 5.75 Å². The Morgan fingerprint density at radius 3 is 2.76 bits per heavy atom. The van der Waals surface area contributed by atoms with Crippen LogP contribution in [-0.4, -0.2) is 40.1 Å². The Labute approximate surface area is 248 Å². The minimum atomic E-state index is -0.249. The zero-order valence-corrected chi connectivity index (χ0v) is 25.3. The van der Waals surface area contributed by atoms with Gasteiger partial charge in [0, 0.05) is 42.4 Å². The molecule has 1 aliphatic carbocycles. The summed E-state index contributed by atoms with van der Waals surface area (Å²) in [4.78, 5) is 13.6. The molecule has 7 nitrogen and oxygen atoms in total. The number of ether oxygens (including phenoxy) is 3. The number of hydrogen-bond donors (Lipinski definition) is 0. The van der Waals surface area contributed by atoms with E-state index in [0.29, 0.717) is 32.1 Å². The smallest absolute Gasteiger partial charge is 0.355 e. The normalized spacial score (nSPS) is 15.1. The minimum absolute atomic E-state index is 0.249. The summed E-state index contributed by atoms with van der Waals surface area (Å²) in [6.07, 6.45) is 8.95. The van der Waals surface area contributed by atoms with Crippen molar-refractivity contribution >= 4 is 16.9 Å². The number of carbonyl (C=O) groups is 1. The first-order valence-corrected chi connectivity index (χ1v) is 15.8. The Kier molecular flexibility index (Phi) is 8.66. The molecule has 0 fully saturated rings. The molecule has 2 aliphatic rings. The average Bonchev–Trinajstić information content (AvgIpc) is 3.49. The van der Waals surface area contributed by atoms with E-state index in [2.05, 4.69) is 47.9 Å². The molecule has 0 unspecified atom stereocenters. The second kappa shape index (κ2) is 12.7. The molecule has 2 aromatic carbocycles. The fraction of sp³-hybridized carbons (Fsp3) is 0.486. The molecule has 0 spiro atoms. The summed E-state index contributed by atoms with van der Waals surface area (Å²) >= 11 is 0. The molecule has 4 aromatic rings. The maximum atomic E-state index is 13.6. The SMILES string of the molecule is CCOC(=O)c1c(CCCOc2cccc3c2CCCC3)c2cccc3c2n1CCCCOCc1nn(C)c(CC)c1-3. The molecular formula is C35H43N3O4. The van der Waals surface area contributed by atoms with Gasteiger partial charge in [0.05, 0.1) is 31.0 Å². The highest BCUT2D eigenvalue weighted by molar-refractivity contribution is 6.05. The van der Waals surface area contributed by atoms with Gasteiger partial charge in [-0.15, -0.1) is 0 Å². The maximum absolute atomic E-state index is 13.6. The third kappa shape index (κ3) is 5.35. The number of aryl methyl sites for hydroxylation is 4. The van der Waals surface area contributed by atoms with Crippen LogP contribution < -0.4 is 4.74 Å². The van der Waals surface area contributed by atoms with Gasteiger partial charge in [-0.25, -0.2) is 4.79 Å². The van der Waals surface area contributed by atoms with Gasteiger partial charge in [-0.05, 0) is 87.5 Å². The van der Waals surface area contributed by atoms with Crippen molar-refractivity contribution in [2.45, 2.75) is 84.8 Å². The molecule has 222 valence electrons. The summed E-state index contributed by atoms with van der Waals surface area (Å²) in [6.45, 7) is 6.87. The number of nitrogens with zero attached hydrogens (tertiary/aromatic N) is 3. The molecule has 2 aromatic heterocycles. The molecule has 3 heterocycles. The van der Waals surface area contributed by atoms with Gasteiger partial charge in [0.1, 0.15) is 11.4 Å². The molecule has 42 heavy (non-hydrogen) atoms. The van der Waals surface area contributed by atoms with E-state index in [1.165, 1.54) is 29.7 Å². The van der Waals surface area contributed by atoms with E-state index in [0.717, 1.165) is 90.5 Å². The first kappa shape index (κ1) is 28.5. The molecule has 0 N–H and O–H groups in total. The van der Waals surface area contributed by atoms with Crippen LogP contribution in [0.15, 0.2) is 36.4 Å². The lowest BCUT2D eigenvalue weighted by molar-refractivity contribution is 0.0512. The molecular weight excluding hydrogens is 526 g/mol. The van der Waals surface area contributed by atoms with Crippen molar-refractivity contribution in [3.05, 3.63) is 70.2 Å². The molecule has 0 radical (unpaired) electrons. The Hall–Kier alpha value is -3.58. The second-order valence-corrected chi connectivity index (χ2v) is 11.5. The molecule has 0 bridgehead atoms. The van der Waals surface area contributed by atoms with Crippen molar-refractivity contribution < 1.29 is 19.0 Å². The third-order valence-electron chi connectivity index (χ3n) is 8.84. The minimum Gasteiger partial charge on any atom is -0.493 e. The standard InChI is InChI=1S/C35H43N3O4/c1-4-30-32-28-17-11-16-26-27(18-12-22-42-31-19-10-14-24-13-6-7-15-25(24)31)34(35(39)41-5-2)38(33(26)28)20-8-9-21-40-23-29(32)36-37(30)3/h10-11,14,16-17,19H,4-9,12-13,15,18,20-23H2,1-3H3. The Morgan fingerprint density at radius 1 is 1.05 bits per heavy atom. The number of rotatable bonds is 8. The second-order valence-electron chi connectivity index (χ2n) is 11.5. The molecule has 6 rings (SSSR count). The Morgan fingerprint density at radius 2 is 1.90 bits per heavy atom. The van der Waals surface area contributed by atoms with Crippen LogP contribution in [0.3, 0.4) is 0 Å². The van der Waals surface area contributed by atoms with E-state index in [1.807, 2.05) is 18.7 Å². The van der Waals surface area contributed by atoms with Crippen LogP contribution in [0.25, 0.3) is 22.0 Å². The van der Waals surface area contributed by atoms with Gasteiger partial charge in [0.2, 0.25) is 0 Å². The van der Waals surface area contributed by atoms with Crippen LogP contribution >= 0.6 is 0 Å². The van der Waals surface area contributed by atoms with E-state index in [9.17, 15) is 4.79 Å². The predicted octanol–water partition coefficient (Wildman–Crippen LogP) is 6.98. The summed E-state index contributed by atoms with van der Waals surface area (Å²) in [6, 6.07) is 12.9. The topological polar surface area (TPSA) is 67.5 Å². The zero-order chi connectivity index (χ0) is 29.1. The van der Waals surface area contributed by atoms with Crippen LogP contribution in [0.2, 0.25) is 0 Å². The first-order valence-electron chi connectivity index (χ1n) is 15.8. The van der Waals surface area contributed by atoms with Gasteiger partial charge >= 0.3 is 5.97 Å². The van der Waals surface area contributed by atoms with Crippen LogP contribution in [-0.2, 0) is 55.4 Å². The van der Waals surface area contributed by atoms with E-state index in [1.54, 1.807) is 0 Å². The van der Waals surface area contributed by atoms with Gasteiger partial charge in [-0.3, -0.25) is 4.68 Å². The highest BCUT2D eigenvalue weighted by Gasteiger charge is 2.28. The fourth-order valence-corrected chi connectivity index (χ4v) is 6.98. The number of fused-ring (bicyclic) bond motifs is 3. The van der Waals surface area contributed by atoms with Gasteiger partial charge in [0.15, 0.2) is 0 Å². The predicted molar refractivity (Wildman–Crippen MR) is 165 cm³/mol. The van der Waals surface area contributed by atoms with E-state index < -0.39 is 0 Å². The van der Waals surface area contributed by atoms with Crippen molar-refractivity contribution in [1.82, 2.24) is 14.3 Å². The number of esters is 1. The first-order chi connectivity index (χ1) is 20.6. The molecule has 1 aliphatic heterocycles. The largest absolute Gasteiger partial charge is 0.493 e. The average molecular weight is 570 g/mol. The third-order valence-corrected chi connectivity index (χ3v) is 8.84. The lowest BCUT2D eigenvalue weighted by Crippen LogP contribution is -2.15.